The maximum absolute atomic E-state index is 13.6. The van der Waals surface area contributed by atoms with Crippen molar-refractivity contribution in [2.75, 3.05) is 0 Å². The SMILES string of the molecule is O=C(Cc1ccc(F)cc1Cl)c1cc(Br)ccc1F. The van der Waals surface area contributed by atoms with Gasteiger partial charge in [-0.1, -0.05) is 33.6 Å². The molecule has 0 saturated carbocycles. The summed E-state index contributed by atoms with van der Waals surface area (Å²) in [5.41, 5.74) is 0.446. The Bertz CT molecular complexity index is 643. The molecule has 0 aliphatic rings. The molecule has 19 heavy (non-hydrogen) atoms. The molecule has 2 rings (SSSR count). The number of ketones is 1. The Balaban J connectivity index is 2.28. The van der Waals surface area contributed by atoms with Crippen LogP contribution in [0.4, 0.5) is 8.78 Å². The molecule has 0 aliphatic carbocycles. The van der Waals surface area contributed by atoms with Crippen LogP contribution in [0, 0.1) is 11.6 Å². The molecule has 2 aromatic rings. The van der Waals surface area contributed by atoms with Crippen molar-refractivity contribution in [2.24, 2.45) is 0 Å². The molecule has 0 N–H and O–H groups in total. The summed E-state index contributed by atoms with van der Waals surface area (Å²) in [5, 5.41) is 0.156. The molecule has 0 bridgehead atoms. The highest BCUT2D eigenvalue weighted by Gasteiger charge is 2.14. The highest BCUT2D eigenvalue weighted by atomic mass is 79.9. The minimum atomic E-state index is -0.591. The van der Waals surface area contributed by atoms with Gasteiger partial charge in [0.25, 0.3) is 0 Å². The summed E-state index contributed by atoms with van der Waals surface area (Å²) in [5.74, 6) is -1.48. The molecule has 0 spiro atoms. The van der Waals surface area contributed by atoms with Gasteiger partial charge < -0.3 is 0 Å². The van der Waals surface area contributed by atoms with Crippen molar-refractivity contribution in [1.82, 2.24) is 0 Å². The van der Waals surface area contributed by atoms with E-state index in [2.05, 4.69) is 15.9 Å². The van der Waals surface area contributed by atoms with Crippen LogP contribution >= 0.6 is 27.5 Å². The number of benzene rings is 2. The van der Waals surface area contributed by atoms with Crippen LogP contribution in [0.15, 0.2) is 40.9 Å². The second-order valence-electron chi connectivity index (χ2n) is 3.96. The van der Waals surface area contributed by atoms with E-state index in [1.165, 1.54) is 30.3 Å². The van der Waals surface area contributed by atoms with Crippen LogP contribution in [0.5, 0.6) is 0 Å². The van der Waals surface area contributed by atoms with Gasteiger partial charge in [-0.2, -0.15) is 0 Å². The smallest absolute Gasteiger partial charge is 0.170 e. The van der Waals surface area contributed by atoms with E-state index in [0.717, 1.165) is 6.07 Å². The minimum Gasteiger partial charge on any atom is -0.294 e. The zero-order valence-corrected chi connectivity index (χ0v) is 11.9. The van der Waals surface area contributed by atoms with Gasteiger partial charge in [-0.15, -0.1) is 0 Å². The fourth-order valence-electron chi connectivity index (χ4n) is 1.64. The number of halogens is 4. The van der Waals surface area contributed by atoms with Crippen molar-refractivity contribution in [1.29, 1.82) is 0 Å². The van der Waals surface area contributed by atoms with Crippen LogP contribution in [-0.4, -0.2) is 5.78 Å². The van der Waals surface area contributed by atoms with Crippen LogP contribution in [-0.2, 0) is 6.42 Å². The Morgan fingerprint density at radius 3 is 2.58 bits per heavy atom. The summed E-state index contributed by atoms with van der Waals surface area (Å²) in [4.78, 5) is 12.0. The van der Waals surface area contributed by atoms with Crippen LogP contribution in [0.25, 0.3) is 0 Å². The number of Topliss-reactive ketones (excluding diaryl/α,β-unsaturated/α-hetero) is 1. The third-order valence-electron chi connectivity index (χ3n) is 2.59. The lowest BCUT2D eigenvalue weighted by atomic mass is 10.0. The van der Waals surface area contributed by atoms with E-state index in [0.29, 0.717) is 10.0 Å². The van der Waals surface area contributed by atoms with E-state index in [-0.39, 0.29) is 17.0 Å². The fourth-order valence-corrected chi connectivity index (χ4v) is 2.24. The van der Waals surface area contributed by atoms with Gasteiger partial charge in [0.15, 0.2) is 5.78 Å². The third kappa shape index (κ3) is 3.39. The molecule has 0 heterocycles. The summed E-state index contributed by atoms with van der Waals surface area (Å²) in [6.07, 6.45) is -0.0769. The lowest BCUT2D eigenvalue weighted by Gasteiger charge is -2.05. The largest absolute Gasteiger partial charge is 0.294 e. The number of rotatable bonds is 3. The maximum atomic E-state index is 13.6. The predicted octanol–water partition coefficient (Wildman–Crippen LogP) is 4.81. The highest BCUT2D eigenvalue weighted by Crippen LogP contribution is 2.21. The topological polar surface area (TPSA) is 17.1 Å². The van der Waals surface area contributed by atoms with Gasteiger partial charge in [0, 0.05) is 15.9 Å². The first-order chi connectivity index (χ1) is 8.97. The first-order valence-corrected chi connectivity index (χ1v) is 6.56. The first kappa shape index (κ1) is 14.2. The van der Waals surface area contributed by atoms with Crippen molar-refractivity contribution in [2.45, 2.75) is 6.42 Å². The lowest BCUT2D eigenvalue weighted by molar-refractivity contribution is 0.0989. The van der Waals surface area contributed by atoms with Crippen molar-refractivity contribution in [3.8, 4) is 0 Å². The average molecular weight is 346 g/mol. The average Bonchev–Trinajstić information content (AvgIpc) is 2.35. The first-order valence-electron chi connectivity index (χ1n) is 5.39. The maximum Gasteiger partial charge on any atom is 0.170 e. The molecule has 0 aliphatic heterocycles. The number of carbonyl (C=O) groups is 1. The van der Waals surface area contributed by atoms with E-state index in [1.807, 2.05) is 0 Å². The Hall–Kier alpha value is -1.26. The molecule has 0 amide bonds. The van der Waals surface area contributed by atoms with Crippen molar-refractivity contribution >= 4 is 33.3 Å². The molecule has 98 valence electrons. The summed E-state index contributed by atoms with van der Waals surface area (Å²) in [6.45, 7) is 0. The monoisotopic (exact) mass is 344 g/mol. The van der Waals surface area contributed by atoms with E-state index >= 15 is 0 Å². The minimum absolute atomic E-state index is 0.0187. The van der Waals surface area contributed by atoms with Gasteiger partial charge in [-0.05, 0) is 35.9 Å². The molecule has 0 saturated heterocycles. The van der Waals surface area contributed by atoms with E-state index in [1.54, 1.807) is 0 Å². The van der Waals surface area contributed by atoms with Crippen LogP contribution in [0.3, 0.4) is 0 Å². The lowest BCUT2D eigenvalue weighted by Crippen LogP contribution is -2.06. The van der Waals surface area contributed by atoms with Gasteiger partial charge in [-0.25, -0.2) is 8.78 Å². The Morgan fingerprint density at radius 1 is 1.16 bits per heavy atom. The van der Waals surface area contributed by atoms with Gasteiger partial charge >= 0.3 is 0 Å². The van der Waals surface area contributed by atoms with Gasteiger partial charge in [0.05, 0.1) is 5.56 Å². The van der Waals surface area contributed by atoms with E-state index in [4.69, 9.17) is 11.6 Å². The molecule has 5 heteroatoms. The molecular formula is C14H8BrClF2O. The Kier molecular flexibility index (Phi) is 4.32. The van der Waals surface area contributed by atoms with Crippen LogP contribution < -0.4 is 0 Å². The second kappa shape index (κ2) is 5.80. The van der Waals surface area contributed by atoms with Crippen molar-refractivity contribution < 1.29 is 13.6 Å². The Labute approximate surface area is 122 Å². The predicted molar refractivity (Wildman–Crippen MR) is 73.5 cm³/mol. The highest BCUT2D eigenvalue weighted by molar-refractivity contribution is 9.10. The molecular weight excluding hydrogens is 338 g/mol. The van der Waals surface area contributed by atoms with Crippen LogP contribution in [0.1, 0.15) is 15.9 Å². The van der Waals surface area contributed by atoms with Crippen molar-refractivity contribution in [3.05, 3.63) is 68.7 Å². The normalized spacial score (nSPS) is 10.5. The zero-order chi connectivity index (χ0) is 14.0. The molecule has 0 atom stereocenters. The van der Waals surface area contributed by atoms with Gasteiger partial charge in [0.2, 0.25) is 0 Å². The fraction of sp³-hybridized carbons (Fsp3) is 0.0714. The molecule has 0 fully saturated rings. The molecule has 2 aromatic carbocycles. The van der Waals surface area contributed by atoms with Crippen LogP contribution in [0.2, 0.25) is 5.02 Å². The number of carbonyl (C=O) groups excluding carboxylic acids is 1. The van der Waals surface area contributed by atoms with Crippen molar-refractivity contribution in [3.63, 3.8) is 0 Å². The summed E-state index contributed by atoms with van der Waals surface area (Å²) < 4.78 is 27.1. The molecule has 0 radical (unpaired) electrons. The molecule has 0 unspecified atom stereocenters. The summed E-state index contributed by atoms with van der Waals surface area (Å²) in [6, 6.07) is 7.90. The number of hydrogen-bond donors (Lipinski definition) is 0. The molecule has 0 aromatic heterocycles. The third-order valence-corrected chi connectivity index (χ3v) is 3.44. The molecule has 1 nitrogen and oxygen atoms in total. The quantitative estimate of drug-likeness (QED) is 0.730. The second-order valence-corrected chi connectivity index (χ2v) is 5.28. The zero-order valence-electron chi connectivity index (χ0n) is 9.59. The summed E-state index contributed by atoms with van der Waals surface area (Å²) in [7, 11) is 0. The van der Waals surface area contributed by atoms with E-state index in [9.17, 15) is 13.6 Å². The van der Waals surface area contributed by atoms with Gasteiger partial charge in [0.1, 0.15) is 11.6 Å². The van der Waals surface area contributed by atoms with Gasteiger partial charge in [-0.3, -0.25) is 4.79 Å². The number of hydrogen-bond acceptors (Lipinski definition) is 1. The van der Waals surface area contributed by atoms with E-state index < -0.39 is 17.4 Å². The summed E-state index contributed by atoms with van der Waals surface area (Å²) >= 11 is 9.02. The standard InChI is InChI=1S/C14H8BrClF2O/c15-9-2-4-13(18)11(6-9)14(19)5-8-1-3-10(17)7-12(8)16/h1-4,6-7H,5H2. The Morgan fingerprint density at radius 2 is 1.89 bits per heavy atom.